The van der Waals surface area contributed by atoms with Crippen molar-refractivity contribution in [2.45, 2.75) is 13.3 Å². The van der Waals surface area contributed by atoms with Crippen LogP contribution in [0.3, 0.4) is 0 Å². The summed E-state index contributed by atoms with van der Waals surface area (Å²) >= 11 is 3.37. The minimum atomic E-state index is 0.922. The van der Waals surface area contributed by atoms with Gasteiger partial charge in [0.1, 0.15) is 0 Å². The molecule has 0 spiro atoms. The quantitative estimate of drug-likeness (QED) is 0.688. The Morgan fingerprint density at radius 1 is 1.33 bits per heavy atom. The molecule has 1 aromatic carbocycles. The molecule has 0 unspecified atom stereocenters. The van der Waals surface area contributed by atoms with Crippen LogP contribution in [0, 0.1) is 0 Å². The second kappa shape index (κ2) is 5.15. The van der Waals surface area contributed by atoms with E-state index in [4.69, 9.17) is 0 Å². The van der Waals surface area contributed by atoms with Crippen molar-refractivity contribution >= 4 is 22.0 Å². The highest BCUT2D eigenvalue weighted by Crippen LogP contribution is 2.11. The van der Waals surface area contributed by atoms with Crippen LogP contribution >= 0.6 is 15.9 Å². The Labute approximate surface area is 82.4 Å². The molecule has 12 heavy (non-hydrogen) atoms. The number of halogens is 1. The van der Waals surface area contributed by atoms with Gasteiger partial charge in [0.15, 0.2) is 0 Å². The van der Waals surface area contributed by atoms with Gasteiger partial charge in [-0.25, -0.2) is 0 Å². The van der Waals surface area contributed by atoms with E-state index in [2.05, 4.69) is 59.3 Å². The van der Waals surface area contributed by atoms with Gasteiger partial charge in [-0.3, -0.25) is 0 Å². The number of hydrogen-bond donors (Lipinski definition) is 0. The van der Waals surface area contributed by atoms with Crippen LogP contribution in [0.5, 0.6) is 0 Å². The first-order chi connectivity index (χ1) is 5.88. The molecule has 0 heterocycles. The van der Waals surface area contributed by atoms with Crippen molar-refractivity contribution in [2.24, 2.45) is 0 Å². The van der Waals surface area contributed by atoms with Gasteiger partial charge in [-0.2, -0.15) is 0 Å². The highest BCUT2D eigenvalue weighted by molar-refractivity contribution is 9.09. The predicted molar refractivity (Wildman–Crippen MR) is 58.6 cm³/mol. The Bertz CT molecular complexity index is 263. The van der Waals surface area contributed by atoms with Gasteiger partial charge in [0, 0.05) is 5.33 Å². The van der Waals surface area contributed by atoms with Crippen molar-refractivity contribution < 1.29 is 0 Å². The molecule has 0 aromatic heterocycles. The minimum absolute atomic E-state index is 0.922. The third-order valence-corrected chi connectivity index (χ3v) is 2.20. The summed E-state index contributed by atoms with van der Waals surface area (Å²) in [6.07, 6.45) is 5.38. The van der Waals surface area contributed by atoms with Crippen molar-refractivity contribution in [3.63, 3.8) is 0 Å². The van der Waals surface area contributed by atoms with E-state index in [1.54, 1.807) is 0 Å². The number of alkyl halides is 1. The van der Waals surface area contributed by atoms with Gasteiger partial charge in [-0.1, -0.05) is 59.3 Å². The smallest absolute Gasteiger partial charge is 0.0215 e. The number of hydrogen-bond acceptors (Lipinski definition) is 0. The Balaban J connectivity index is 2.89. The van der Waals surface area contributed by atoms with E-state index >= 15 is 0 Å². The molecule has 0 bridgehead atoms. The fourth-order valence-electron chi connectivity index (χ4n) is 1.19. The topological polar surface area (TPSA) is 0 Å². The predicted octanol–water partition coefficient (Wildman–Crippen LogP) is 3.66. The van der Waals surface area contributed by atoms with Crippen LogP contribution in [-0.4, -0.2) is 5.33 Å². The van der Waals surface area contributed by atoms with Crippen molar-refractivity contribution in [1.29, 1.82) is 0 Å². The average molecular weight is 225 g/mol. The Morgan fingerprint density at radius 2 is 2.08 bits per heavy atom. The van der Waals surface area contributed by atoms with E-state index in [0.29, 0.717) is 0 Å². The Hall–Kier alpha value is -0.560. The summed E-state index contributed by atoms with van der Waals surface area (Å²) in [6, 6.07) is 8.49. The lowest BCUT2D eigenvalue weighted by Gasteiger charge is -2.00. The van der Waals surface area contributed by atoms with Crippen LogP contribution in [0.4, 0.5) is 0 Å². The van der Waals surface area contributed by atoms with Crippen molar-refractivity contribution in [3.05, 3.63) is 41.5 Å². The van der Waals surface area contributed by atoms with Crippen LogP contribution in [0.15, 0.2) is 30.3 Å². The lowest BCUT2D eigenvalue weighted by atomic mass is 10.1. The maximum absolute atomic E-state index is 3.37. The van der Waals surface area contributed by atoms with E-state index in [-0.39, 0.29) is 0 Å². The lowest BCUT2D eigenvalue weighted by Crippen LogP contribution is -1.84. The molecule has 0 aliphatic rings. The molecule has 0 N–H and O–H groups in total. The molecule has 0 nitrogen and oxygen atoms in total. The summed E-state index contributed by atoms with van der Waals surface area (Å²) in [5.41, 5.74) is 2.74. The van der Waals surface area contributed by atoms with Crippen molar-refractivity contribution in [3.8, 4) is 0 Å². The van der Waals surface area contributed by atoms with Crippen LogP contribution in [0.2, 0.25) is 0 Å². The maximum Gasteiger partial charge on any atom is 0.0215 e. The van der Waals surface area contributed by atoms with Crippen LogP contribution in [0.25, 0.3) is 6.08 Å². The number of allylic oxidation sites excluding steroid dienone is 1. The summed E-state index contributed by atoms with van der Waals surface area (Å²) in [5.74, 6) is 0. The van der Waals surface area contributed by atoms with Crippen molar-refractivity contribution in [2.75, 3.05) is 5.33 Å². The Kier molecular flexibility index (Phi) is 4.09. The molecule has 1 heteroatoms. The van der Waals surface area contributed by atoms with Gasteiger partial charge in [-0.15, -0.1) is 0 Å². The first-order valence-corrected chi connectivity index (χ1v) is 5.31. The van der Waals surface area contributed by atoms with E-state index < -0.39 is 0 Å². The van der Waals surface area contributed by atoms with Gasteiger partial charge in [0.25, 0.3) is 0 Å². The molecule has 0 radical (unpaired) electrons. The van der Waals surface area contributed by atoms with Crippen LogP contribution in [-0.2, 0) is 6.42 Å². The highest BCUT2D eigenvalue weighted by Gasteiger charge is 1.93. The van der Waals surface area contributed by atoms with E-state index in [1.165, 1.54) is 11.1 Å². The van der Waals surface area contributed by atoms with Gasteiger partial charge in [-0.05, 0) is 17.5 Å². The molecule has 1 rings (SSSR count). The monoisotopic (exact) mass is 224 g/mol. The summed E-state index contributed by atoms with van der Waals surface area (Å²) in [5, 5.41) is 0.922. The molecule has 64 valence electrons. The zero-order chi connectivity index (χ0) is 8.81. The molecule has 0 aliphatic carbocycles. The molecule has 0 amide bonds. The molecule has 1 aromatic rings. The number of rotatable bonds is 3. The fraction of sp³-hybridized carbons (Fsp3) is 0.273. The fourth-order valence-corrected chi connectivity index (χ4v) is 1.38. The lowest BCUT2D eigenvalue weighted by molar-refractivity contribution is 1.13. The normalized spacial score (nSPS) is 10.8. The van der Waals surface area contributed by atoms with Gasteiger partial charge in [0.2, 0.25) is 0 Å². The SMILES string of the molecule is CCc1ccccc1C=CCBr. The van der Waals surface area contributed by atoms with Gasteiger partial charge in [0.05, 0.1) is 0 Å². The summed E-state index contributed by atoms with van der Waals surface area (Å²) < 4.78 is 0. The standard InChI is InChI=1S/C11H13Br/c1-2-10-6-3-4-7-11(10)8-5-9-12/h3-8H,2,9H2,1H3. The molecule has 0 fully saturated rings. The summed E-state index contributed by atoms with van der Waals surface area (Å²) in [6.45, 7) is 2.18. The zero-order valence-electron chi connectivity index (χ0n) is 7.26. The van der Waals surface area contributed by atoms with E-state index in [9.17, 15) is 0 Å². The third kappa shape index (κ3) is 2.49. The molecule has 0 atom stereocenters. The van der Waals surface area contributed by atoms with E-state index in [1.807, 2.05) is 0 Å². The second-order valence-corrected chi connectivity index (χ2v) is 3.26. The first kappa shape index (κ1) is 9.53. The molecular weight excluding hydrogens is 212 g/mol. The Morgan fingerprint density at radius 3 is 2.75 bits per heavy atom. The number of aryl methyl sites for hydroxylation is 1. The maximum atomic E-state index is 3.37. The molecule has 0 saturated carbocycles. The third-order valence-electron chi connectivity index (χ3n) is 1.82. The molecule has 0 saturated heterocycles. The van der Waals surface area contributed by atoms with Gasteiger partial charge >= 0.3 is 0 Å². The average Bonchev–Trinajstić information content (AvgIpc) is 2.15. The largest absolute Gasteiger partial charge is 0.0883 e. The summed E-state index contributed by atoms with van der Waals surface area (Å²) in [7, 11) is 0. The van der Waals surface area contributed by atoms with E-state index in [0.717, 1.165) is 11.8 Å². The molecular formula is C11H13Br. The van der Waals surface area contributed by atoms with Gasteiger partial charge < -0.3 is 0 Å². The molecule has 0 aliphatic heterocycles. The zero-order valence-corrected chi connectivity index (χ0v) is 8.84. The highest BCUT2D eigenvalue weighted by atomic mass is 79.9. The summed E-state index contributed by atoms with van der Waals surface area (Å²) in [4.78, 5) is 0. The minimum Gasteiger partial charge on any atom is -0.0883 e. The van der Waals surface area contributed by atoms with Crippen LogP contribution < -0.4 is 0 Å². The number of benzene rings is 1. The van der Waals surface area contributed by atoms with Crippen molar-refractivity contribution in [1.82, 2.24) is 0 Å². The first-order valence-electron chi connectivity index (χ1n) is 4.19. The second-order valence-electron chi connectivity index (χ2n) is 2.61. The van der Waals surface area contributed by atoms with Crippen LogP contribution in [0.1, 0.15) is 18.1 Å².